The van der Waals surface area contributed by atoms with Gasteiger partial charge >= 0.3 is 11.7 Å². The standard InChI is InChI=1S/C11H13ClN6O5/c1-23-10(21)6(4-19)14-9(20)7-8-15-16-18(3-2-12)11(22)17(8)5-13-7/h5-6,19H,2-4H2,1H3,(H,14,20)/t6-/m0/s1. The molecule has 0 fully saturated rings. The van der Waals surface area contributed by atoms with E-state index in [4.69, 9.17) is 16.7 Å². The molecule has 2 aromatic heterocycles. The third-order valence-electron chi connectivity index (χ3n) is 2.90. The summed E-state index contributed by atoms with van der Waals surface area (Å²) in [5.74, 6) is -1.46. The number of aliphatic hydroxyl groups is 1. The van der Waals surface area contributed by atoms with Gasteiger partial charge in [0, 0.05) is 5.88 Å². The summed E-state index contributed by atoms with van der Waals surface area (Å²) < 4.78 is 6.49. The average Bonchev–Trinajstić information content (AvgIpc) is 2.99. The van der Waals surface area contributed by atoms with E-state index in [2.05, 4.69) is 25.3 Å². The van der Waals surface area contributed by atoms with Crippen LogP contribution in [0.1, 0.15) is 10.5 Å². The molecule has 0 aliphatic carbocycles. The summed E-state index contributed by atoms with van der Waals surface area (Å²) in [7, 11) is 1.12. The maximum atomic E-state index is 12.1. The number of carbonyl (C=O) groups excluding carboxylic acids is 2. The molecule has 0 aromatic carbocycles. The van der Waals surface area contributed by atoms with Gasteiger partial charge in [0.2, 0.25) is 0 Å². The number of imidazole rings is 1. The number of nitrogens with one attached hydrogen (secondary N) is 1. The Bertz CT molecular complexity index is 787. The van der Waals surface area contributed by atoms with E-state index in [1.807, 2.05) is 0 Å². The summed E-state index contributed by atoms with van der Waals surface area (Å²) in [5, 5.41) is 18.7. The normalized spacial score (nSPS) is 12.1. The van der Waals surface area contributed by atoms with Gasteiger partial charge in [-0.1, -0.05) is 5.21 Å². The lowest BCUT2D eigenvalue weighted by Crippen LogP contribution is -2.44. The van der Waals surface area contributed by atoms with E-state index < -0.39 is 30.2 Å². The van der Waals surface area contributed by atoms with Crippen LogP contribution >= 0.6 is 11.6 Å². The number of hydrogen-bond acceptors (Lipinski definition) is 8. The highest BCUT2D eigenvalue weighted by molar-refractivity contribution is 6.17. The van der Waals surface area contributed by atoms with E-state index in [9.17, 15) is 14.4 Å². The number of methoxy groups -OCH3 is 1. The number of aromatic nitrogens is 5. The summed E-state index contributed by atoms with van der Waals surface area (Å²) in [6.07, 6.45) is 1.11. The van der Waals surface area contributed by atoms with Crippen LogP contribution < -0.4 is 11.0 Å². The number of amides is 1. The van der Waals surface area contributed by atoms with Gasteiger partial charge in [-0.15, -0.1) is 16.7 Å². The zero-order valence-electron chi connectivity index (χ0n) is 12.0. The van der Waals surface area contributed by atoms with E-state index in [0.29, 0.717) is 0 Å². The molecular weight excluding hydrogens is 332 g/mol. The second-order valence-electron chi connectivity index (χ2n) is 4.30. The van der Waals surface area contributed by atoms with E-state index in [1.54, 1.807) is 0 Å². The van der Waals surface area contributed by atoms with Crippen molar-refractivity contribution in [1.29, 1.82) is 0 Å². The van der Waals surface area contributed by atoms with Crippen molar-refractivity contribution in [2.45, 2.75) is 12.6 Å². The largest absolute Gasteiger partial charge is 0.467 e. The van der Waals surface area contributed by atoms with Gasteiger partial charge in [0.05, 0.1) is 20.3 Å². The van der Waals surface area contributed by atoms with Crippen LogP contribution in [-0.4, -0.2) is 67.0 Å². The lowest BCUT2D eigenvalue weighted by Gasteiger charge is -2.12. The Morgan fingerprint density at radius 3 is 2.87 bits per heavy atom. The number of aliphatic hydroxyl groups excluding tert-OH is 1. The minimum Gasteiger partial charge on any atom is -0.467 e. The summed E-state index contributed by atoms with van der Waals surface area (Å²) in [5.41, 5.74) is -0.858. The summed E-state index contributed by atoms with van der Waals surface area (Å²) in [6, 6.07) is -1.26. The third-order valence-corrected chi connectivity index (χ3v) is 3.07. The van der Waals surface area contributed by atoms with Crippen LogP contribution in [0.5, 0.6) is 0 Å². The first-order valence-electron chi connectivity index (χ1n) is 6.39. The predicted molar refractivity (Wildman–Crippen MR) is 76.1 cm³/mol. The molecule has 0 aliphatic rings. The maximum absolute atomic E-state index is 12.1. The molecule has 0 spiro atoms. The van der Waals surface area contributed by atoms with Crippen LogP contribution in [0.15, 0.2) is 11.1 Å². The zero-order chi connectivity index (χ0) is 17.0. The van der Waals surface area contributed by atoms with Gasteiger partial charge in [0.15, 0.2) is 17.4 Å². The van der Waals surface area contributed by atoms with Crippen LogP contribution in [0.2, 0.25) is 0 Å². The molecule has 0 unspecified atom stereocenters. The third kappa shape index (κ3) is 3.29. The first kappa shape index (κ1) is 16.8. The predicted octanol–water partition coefficient (Wildman–Crippen LogP) is -2.21. The molecule has 124 valence electrons. The first-order chi connectivity index (χ1) is 11.0. The molecule has 23 heavy (non-hydrogen) atoms. The fraction of sp³-hybridized carbons (Fsp3) is 0.455. The Hall–Kier alpha value is -2.53. The van der Waals surface area contributed by atoms with Gasteiger partial charge in [-0.2, -0.15) is 4.68 Å². The number of rotatable bonds is 6. The first-order valence-corrected chi connectivity index (χ1v) is 6.93. The summed E-state index contributed by atoms with van der Waals surface area (Å²) >= 11 is 5.55. The van der Waals surface area contributed by atoms with Crippen LogP contribution in [0.25, 0.3) is 5.65 Å². The minimum atomic E-state index is -1.26. The molecule has 12 heteroatoms. The van der Waals surface area contributed by atoms with Crippen LogP contribution in [0, 0.1) is 0 Å². The number of alkyl halides is 1. The molecule has 0 radical (unpaired) electrons. The van der Waals surface area contributed by atoms with Crippen molar-refractivity contribution in [2.24, 2.45) is 0 Å². The molecule has 0 bridgehead atoms. The number of esters is 1. The lowest BCUT2D eigenvalue weighted by molar-refractivity contribution is -0.143. The number of hydrogen-bond donors (Lipinski definition) is 2. The number of halogens is 1. The quantitative estimate of drug-likeness (QED) is 0.444. The summed E-state index contributed by atoms with van der Waals surface area (Å²) in [6.45, 7) is -0.504. The van der Waals surface area contributed by atoms with Crippen molar-refractivity contribution >= 4 is 29.1 Å². The van der Waals surface area contributed by atoms with Crippen molar-refractivity contribution in [2.75, 3.05) is 19.6 Å². The molecule has 2 aromatic rings. The molecular formula is C11H13ClN6O5. The molecule has 2 heterocycles. The summed E-state index contributed by atoms with van der Waals surface area (Å²) in [4.78, 5) is 39.4. The Labute approximate surface area is 133 Å². The molecule has 2 rings (SSSR count). The van der Waals surface area contributed by atoms with Crippen LogP contribution in [-0.2, 0) is 16.1 Å². The topological polar surface area (TPSA) is 141 Å². The van der Waals surface area contributed by atoms with E-state index in [0.717, 1.165) is 22.5 Å². The molecule has 0 aliphatic heterocycles. The van der Waals surface area contributed by atoms with Gasteiger partial charge in [-0.3, -0.25) is 4.79 Å². The monoisotopic (exact) mass is 344 g/mol. The second-order valence-corrected chi connectivity index (χ2v) is 4.68. The van der Waals surface area contributed by atoms with Gasteiger partial charge in [0.1, 0.15) is 6.33 Å². The highest BCUT2D eigenvalue weighted by Gasteiger charge is 2.24. The number of nitrogens with zero attached hydrogens (tertiary/aromatic N) is 5. The molecule has 1 atom stereocenters. The van der Waals surface area contributed by atoms with Crippen molar-refractivity contribution < 1.29 is 19.4 Å². The fourth-order valence-electron chi connectivity index (χ4n) is 1.77. The zero-order valence-corrected chi connectivity index (χ0v) is 12.7. The van der Waals surface area contributed by atoms with E-state index >= 15 is 0 Å². The number of carbonyl (C=O) groups is 2. The van der Waals surface area contributed by atoms with E-state index in [-0.39, 0.29) is 23.8 Å². The highest BCUT2D eigenvalue weighted by atomic mass is 35.5. The Balaban J connectivity index is 2.33. The smallest absolute Gasteiger partial charge is 0.353 e. The van der Waals surface area contributed by atoms with Crippen molar-refractivity contribution in [3.05, 3.63) is 22.5 Å². The second kappa shape index (κ2) is 7.15. The number of fused-ring (bicyclic) bond motifs is 1. The van der Waals surface area contributed by atoms with Gasteiger partial charge in [0.25, 0.3) is 5.91 Å². The lowest BCUT2D eigenvalue weighted by atomic mass is 10.3. The van der Waals surface area contributed by atoms with Gasteiger partial charge in [-0.05, 0) is 0 Å². The number of ether oxygens (including phenoxy) is 1. The van der Waals surface area contributed by atoms with Crippen molar-refractivity contribution in [1.82, 2.24) is 29.7 Å². The van der Waals surface area contributed by atoms with Crippen molar-refractivity contribution in [3.63, 3.8) is 0 Å². The Morgan fingerprint density at radius 1 is 1.52 bits per heavy atom. The van der Waals surface area contributed by atoms with Crippen molar-refractivity contribution in [3.8, 4) is 0 Å². The average molecular weight is 345 g/mol. The van der Waals surface area contributed by atoms with Gasteiger partial charge < -0.3 is 15.2 Å². The fourth-order valence-corrected chi connectivity index (χ4v) is 1.93. The SMILES string of the molecule is COC(=O)[C@H](CO)NC(=O)c1ncn2c(=O)n(CCCl)nnc12. The minimum absolute atomic E-state index is 0.0834. The van der Waals surface area contributed by atoms with Crippen LogP contribution in [0.4, 0.5) is 0 Å². The number of aryl methyl sites for hydroxylation is 1. The molecule has 1 amide bonds. The molecule has 11 nitrogen and oxygen atoms in total. The van der Waals surface area contributed by atoms with E-state index in [1.165, 1.54) is 0 Å². The van der Waals surface area contributed by atoms with Crippen LogP contribution in [0.3, 0.4) is 0 Å². The Kier molecular flexibility index (Phi) is 5.24. The highest BCUT2D eigenvalue weighted by Crippen LogP contribution is 2.03. The van der Waals surface area contributed by atoms with Gasteiger partial charge in [-0.25, -0.2) is 19.0 Å². The molecule has 0 saturated heterocycles. The molecule has 2 N–H and O–H groups in total. The molecule has 0 saturated carbocycles. The maximum Gasteiger partial charge on any atom is 0.353 e. The Morgan fingerprint density at radius 2 is 2.26 bits per heavy atom.